The normalized spacial score (nSPS) is 22.2. The van der Waals surface area contributed by atoms with E-state index in [2.05, 4.69) is 12.1 Å². The molecule has 1 unspecified atom stereocenters. The minimum Gasteiger partial charge on any atom is -0.447 e. The lowest BCUT2D eigenvalue weighted by Gasteiger charge is -2.31. The molecular formula is C14H16N2O3. The van der Waals surface area contributed by atoms with Crippen molar-refractivity contribution < 1.29 is 14.3 Å². The zero-order chi connectivity index (χ0) is 13.4. The van der Waals surface area contributed by atoms with Crippen molar-refractivity contribution in [1.82, 2.24) is 9.80 Å². The van der Waals surface area contributed by atoms with Crippen LogP contribution in [-0.2, 0) is 22.5 Å². The molecular weight excluding hydrogens is 244 g/mol. The Kier molecular flexibility index (Phi) is 2.89. The molecule has 0 spiro atoms. The van der Waals surface area contributed by atoms with Gasteiger partial charge in [-0.2, -0.15) is 0 Å². The second-order valence-electron chi connectivity index (χ2n) is 4.98. The standard InChI is InChI=1S/C14H16N2O3/c1-15-12(9-19-14(15)18)13(17)16-7-6-10-4-2-3-5-11(10)8-16/h2-5,12H,6-9H2,1H3. The van der Waals surface area contributed by atoms with Gasteiger partial charge >= 0.3 is 6.09 Å². The lowest BCUT2D eigenvalue weighted by atomic mass is 9.99. The van der Waals surface area contributed by atoms with Crippen molar-refractivity contribution in [3.8, 4) is 0 Å². The second kappa shape index (κ2) is 4.57. The molecule has 1 aromatic carbocycles. The van der Waals surface area contributed by atoms with Crippen LogP contribution >= 0.6 is 0 Å². The number of amides is 2. The molecule has 3 rings (SSSR count). The van der Waals surface area contributed by atoms with E-state index < -0.39 is 12.1 Å². The number of cyclic esters (lactones) is 1. The smallest absolute Gasteiger partial charge is 0.410 e. The number of carbonyl (C=O) groups is 2. The van der Waals surface area contributed by atoms with Gasteiger partial charge in [-0.15, -0.1) is 0 Å². The van der Waals surface area contributed by atoms with Crippen molar-refractivity contribution in [2.75, 3.05) is 20.2 Å². The molecule has 100 valence electrons. The molecule has 1 fully saturated rings. The highest BCUT2D eigenvalue weighted by molar-refractivity contribution is 5.88. The average molecular weight is 260 g/mol. The number of rotatable bonds is 1. The highest BCUT2D eigenvalue weighted by Gasteiger charge is 2.38. The Morgan fingerprint density at radius 3 is 2.74 bits per heavy atom. The molecule has 0 bridgehead atoms. The summed E-state index contributed by atoms with van der Waals surface area (Å²) in [6.07, 6.45) is 0.448. The molecule has 2 aliphatic heterocycles. The summed E-state index contributed by atoms with van der Waals surface area (Å²) in [5.41, 5.74) is 2.49. The summed E-state index contributed by atoms with van der Waals surface area (Å²) in [4.78, 5) is 26.9. The molecule has 2 heterocycles. The van der Waals surface area contributed by atoms with E-state index in [0.29, 0.717) is 13.1 Å². The minimum absolute atomic E-state index is 0.0251. The van der Waals surface area contributed by atoms with Crippen molar-refractivity contribution >= 4 is 12.0 Å². The van der Waals surface area contributed by atoms with Crippen molar-refractivity contribution in [3.05, 3.63) is 35.4 Å². The number of hydrogen-bond donors (Lipinski definition) is 0. The van der Waals surface area contributed by atoms with Gasteiger partial charge in [0.05, 0.1) is 0 Å². The third kappa shape index (κ3) is 2.05. The number of nitrogens with zero attached hydrogens (tertiary/aromatic N) is 2. The van der Waals surface area contributed by atoms with Gasteiger partial charge in [0.25, 0.3) is 0 Å². The third-order valence-electron chi connectivity index (χ3n) is 3.85. The number of likely N-dealkylation sites (N-methyl/N-ethyl adjacent to an activating group) is 1. The molecule has 1 atom stereocenters. The van der Waals surface area contributed by atoms with E-state index in [-0.39, 0.29) is 12.5 Å². The van der Waals surface area contributed by atoms with Gasteiger partial charge in [-0.25, -0.2) is 4.79 Å². The number of benzene rings is 1. The van der Waals surface area contributed by atoms with E-state index in [1.807, 2.05) is 17.0 Å². The molecule has 19 heavy (non-hydrogen) atoms. The van der Waals surface area contributed by atoms with Crippen molar-refractivity contribution in [2.45, 2.75) is 19.0 Å². The van der Waals surface area contributed by atoms with Crippen LogP contribution in [0.4, 0.5) is 4.79 Å². The second-order valence-corrected chi connectivity index (χ2v) is 4.98. The molecule has 0 aromatic heterocycles. The van der Waals surface area contributed by atoms with Crippen molar-refractivity contribution in [1.29, 1.82) is 0 Å². The van der Waals surface area contributed by atoms with Gasteiger partial charge in [-0.1, -0.05) is 24.3 Å². The van der Waals surface area contributed by atoms with Crippen LogP contribution in [0.3, 0.4) is 0 Å². The van der Waals surface area contributed by atoms with Crippen molar-refractivity contribution in [3.63, 3.8) is 0 Å². The first-order chi connectivity index (χ1) is 9.16. The maximum absolute atomic E-state index is 12.4. The Morgan fingerprint density at radius 2 is 2.05 bits per heavy atom. The summed E-state index contributed by atoms with van der Waals surface area (Å²) < 4.78 is 4.90. The van der Waals surface area contributed by atoms with E-state index in [1.165, 1.54) is 16.0 Å². The molecule has 5 heteroatoms. The monoisotopic (exact) mass is 260 g/mol. The summed E-state index contributed by atoms with van der Waals surface area (Å²) in [5.74, 6) is -0.0251. The lowest BCUT2D eigenvalue weighted by Crippen LogP contribution is -2.47. The number of carbonyl (C=O) groups excluding carboxylic acids is 2. The van der Waals surface area contributed by atoms with Crippen LogP contribution in [0.1, 0.15) is 11.1 Å². The van der Waals surface area contributed by atoms with Crippen LogP contribution in [0, 0.1) is 0 Å². The quantitative estimate of drug-likeness (QED) is 0.757. The van der Waals surface area contributed by atoms with Gasteiger partial charge in [-0.05, 0) is 17.5 Å². The third-order valence-corrected chi connectivity index (χ3v) is 3.85. The Labute approximate surface area is 111 Å². The first-order valence-electron chi connectivity index (χ1n) is 6.42. The molecule has 0 aliphatic carbocycles. The van der Waals surface area contributed by atoms with E-state index >= 15 is 0 Å². The zero-order valence-corrected chi connectivity index (χ0v) is 10.8. The predicted octanol–water partition coefficient (Wildman–Crippen LogP) is 1.02. The number of hydrogen-bond acceptors (Lipinski definition) is 3. The summed E-state index contributed by atoms with van der Waals surface area (Å²) in [6.45, 7) is 1.48. The molecule has 5 nitrogen and oxygen atoms in total. The molecule has 1 saturated heterocycles. The van der Waals surface area contributed by atoms with Gasteiger partial charge in [0, 0.05) is 20.1 Å². The highest BCUT2D eigenvalue weighted by Crippen LogP contribution is 2.21. The Balaban J connectivity index is 1.75. The maximum Gasteiger partial charge on any atom is 0.410 e. The SMILES string of the molecule is CN1C(=O)OCC1C(=O)N1CCc2ccccc2C1. The minimum atomic E-state index is -0.474. The first-order valence-corrected chi connectivity index (χ1v) is 6.42. The molecule has 0 saturated carbocycles. The van der Waals surface area contributed by atoms with Crippen LogP contribution in [0.25, 0.3) is 0 Å². The fraction of sp³-hybridized carbons (Fsp3) is 0.429. The fourth-order valence-electron chi connectivity index (χ4n) is 2.62. The van der Waals surface area contributed by atoms with Crippen LogP contribution in [0.5, 0.6) is 0 Å². The Bertz CT molecular complexity index is 529. The van der Waals surface area contributed by atoms with E-state index in [4.69, 9.17) is 4.74 Å². The van der Waals surface area contributed by atoms with Gasteiger partial charge < -0.3 is 9.64 Å². The van der Waals surface area contributed by atoms with Crippen LogP contribution in [0.15, 0.2) is 24.3 Å². The number of ether oxygens (including phenoxy) is 1. The van der Waals surface area contributed by atoms with Gasteiger partial charge in [0.1, 0.15) is 12.6 Å². The molecule has 0 radical (unpaired) electrons. The van der Waals surface area contributed by atoms with E-state index in [0.717, 1.165) is 6.42 Å². The summed E-state index contributed by atoms with van der Waals surface area (Å²) in [7, 11) is 1.61. The molecule has 1 aromatic rings. The predicted molar refractivity (Wildman–Crippen MR) is 68.5 cm³/mol. The first kappa shape index (κ1) is 12.0. The summed E-state index contributed by atoms with van der Waals surface area (Å²) >= 11 is 0. The summed E-state index contributed by atoms with van der Waals surface area (Å²) in [5, 5.41) is 0. The van der Waals surface area contributed by atoms with Crippen molar-refractivity contribution in [2.24, 2.45) is 0 Å². The van der Waals surface area contributed by atoms with Crippen LogP contribution < -0.4 is 0 Å². The van der Waals surface area contributed by atoms with Gasteiger partial charge in [0.15, 0.2) is 0 Å². The van der Waals surface area contributed by atoms with Gasteiger partial charge in [0.2, 0.25) is 5.91 Å². The van der Waals surface area contributed by atoms with E-state index in [1.54, 1.807) is 7.05 Å². The number of fused-ring (bicyclic) bond motifs is 1. The topological polar surface area (TPSA) is 49.9 Å². The maximum atomic E-state index is 12.4. The lowest BCUT2D eigenvalue weighted by molar-refractivity contribution is -0.136. The van der Waals surface area contributed by atoms with Crippen LogP contribution in [-0.4, -0.2) is 48.0 Å². The Morgan fingerprint density at radius 1 is 1.32 bits per heavy atom. The van der Waals surface area contributed by atoms with Crippen LogP contribution in [0.2, 0.25) is 0 Å². The average Bonchev–Trinajstić information content (AvgIpc) is 2.78. The fourth-order valence-corrected chi connectivity index (χ4v) is 2.62. The zero-order valence-electron chi connectivity index (χ0n) is 10.8. The molecule has 2 aliphatic rings. The largest absolute Gasteiger partial charge is 0.447 e. The molecule has 0 N–H and O–H groups in total. The Hall–Kier alpha value is -2.04. The van der Waals surface area contributed by atoms with Gasteiger partial charge in [-0.3, -0.25) is 9.69 Å². The summed E-state index contributed by atoms with van der Waals surface area (Å²) in [6, 6.07) is 7.69. The molecule has 2 amide bonds. The highest BCUT2D eigenvalue weighted by atomic mass is 16.6. The van der Waals surface area contributed by atoms with E-state index in [9.17, 15) is 9.59 Å².